The molecule has 0 saturated carbocycles. The van der Waals surface area contributed by atoms with Crippen LogP contribution in [0.5, 0.6) is 0 Å². The summed E-state index contributed by atoms with van der Waals surface area (Å²) in [6.45, 7) is 1.83. The molecule has 0 spiro atoms. The smallest absolute Gasteiger partial charge is 0.237 e. The Morgan fingerprint density at radius 2 is 2.31 bits per heavy atom. The molecule has 1 atom stereocenters. The van der Waals surface area contributed by atoms with Crippen molar-refractivity contribution in [2.24, 2.45) is 0 Å². The molecule has 0 radical (unpaired) electrons. The number of carbonyl (C=O) groups excluding carboxylic acids is 1. The average Bonchev–Trinajstić information content (AvgIpc) is 2.04. The van der Waals surface area contributed by atoms with Crippen LogP contribution in [0.3, 0.4) is 0 Å². The van der Waals surface area contributed by atoms with Crippen LogP contribution in [-0.2, 0) is 4.79 Å². The lowest BCUT2D eigenvalue weighted by atomic mass is 10.3. The second-order valence-corrected chi connectivity index (χ2v) is 4.92. The molecule has 4 heteroatoms. The minimum Gasteiger partial charge on any atom is -0.325 e. The van der Waals surface area contributed by atoms with Gasteiger partial charge < -0.3 is 5.32 Å². The molecule has 1 rings (SSSR count). The quantitative estimate of drug-likeness (QED) is 0.660. The Balaban J connectivity index is 2.69. The molecule has 1 aromatic carbocycles. The van der Waals surface area contributed by atoms with E-state index in [9.17, 15) is 4.79 Å². The number of hydrogen-bond acceptors (Lipinski definition) is 1. The van der Waals surface area contributed by atoms with Crippen molar-refractivity contribution in [3.8, 4) is 0 Å². The van der Waals surface area contributed by atoms with Crippen LogP contribution < -0.4 is 5.32 Å². The number of anilines is 1. The Morgan fingerprint density at radius 3 is 2.85 bits per heavy atom. The predicted molar refractivity (Wildman–Crippen MR) is 63.6 cm³/mol. The fraction of sp³-hybridized carbons (Fsp3) is 0.222. The molecule has 0 aliphatic rings. The van der Waals surface area contributed by atoms with Gasteiger partial charge in [-0.1, -0.05) is 40.3 Å². The Bertz CT molecular complexity index is 314. The van der Waals surface area contributed by atoms with Crippen LogP contribution in [0.2, 0.25) is 5.02 Å². The monoisotopic (exact) mass is 309 g/mol. The number of halogens is 2. The van der Waals surface area contributed by atoms with Gasteiger partial charge in [0.2, 0.25) is 5.91 Å². The third-order valence-corrected chi connectivity index (χ3v) is 2.25. The number of alkyl halides is 1. The lowest BCUT2D eigenvalue weighted by molar-refractivity contribution is -0.115. The fourth-order valence-electron chi connectivity index (χ4n) is 0.808. The molecule has 0 unspecified atom stereocenters. The van der Waals surface area contributed by atoms with E-state index >= 15 is 0 Å². The van der Waals surface area contributed by atoms with Crippen molar-refractivity contribution in [1.82, 2.24) is 0 Å². The molecule has 70 valence electrons. The maximum atomic E-state index is 11.3. The van der Waals surface area contributed by atoms with Gasteiger partial charge in [-0.15, -0.1) is 0 Å². The summed E-state index contributed by atoms with van der Waals surface area (Å²) in [5.74, 6) is -0.0112. The van der Waals surface area contributed by atoms with Gasteiger partial charge in [-0.05, 0) is 25.1 Å². The van der Waals surface area contributed by atoms with Crippen LogP contribution in [0.4, 0.5) is 5.69 Å². The van der Waals surface area contributed by atoms with Crippen LogP contribution in [-0.4, -0.2) is 9.83 Å². The molecule has 1 N–H and O–H groups in total. The lowest BCUT2D eigenvalue weighted by Crippen LogP contribution is -2.19. The second-order valence-electron chi connectivity index (χ2n) is 2.62. The van der Waals surface area contributed by atoms with E-state index in [2.05, 4.69) is 27.9 Å². The van der Waals surface area contributed by atoms with Crippen LogP contribution in [0, 0.1) is 0 Å². The highest BCUT2D eigenvalue weighted by Gasteiger charge is 2.07. The maximum Gasteiger partial charge on any atom is 0.237 e. The van der Waals surface area contributed by atoms with E-state index in [1.165, 1.54) is 0 Å². The lowest BCUT2D eigenvalue weighted by Gasteiger charge is -2.06. The number of rotatable bonds is 2. The van der Waals surface area contributed by atoms with E-state index in [1.54, 1.807) is 18.2 Å². The van der Waals surface area contributed by atoms with Crippen molar-refractivity contribution in [2.45, 2.75) is 10.8 Å². The van der Waals surface area contributed by atoms with Crippen molar-refractivity contribution in [3.05, 3.63) is 29.3 Å². The Hall–Kier alpha value is -0.290. The van der Waals surface area contributed by atoms with E-state index in [0.29, 0.717) is 5.02 Å². The maximum absolute atomic E-state index is 11.3. The van der Waals surface area contributed by atoms with Crippen LogP contribution in [0.1, 0.15) is 6.92 Å². The topological polar surface area (TPSA) is 29.1 Å². The molecule has 0 aliphatic heterocycles. The standard InChI is InChI=1S/C9H9ClINO/c1-6(11)9(13)12-8-4-2-3-7(10)5-8/h2-6H,1H3,(H,12,13)/t6-/m1/s1. The summed E-state index contributed by atoms with van der Waals surface area (Å²) in [6, 6.07) is 7.10. The zero-order valence-electron chi connectivity index (χ0n) is 7.05. The Labute approximate surface area is 95.8 Å². The summed E-state index contributed by atoms with van der Waals surface area (Å²) in [4.78, 5) is 11.3. The molecule has 13 heavy (non-hydrogen) atoms. The van der Waals surface area contributed by atoms with Gasteiger partial charge >= 0.3 is 0 Å². The van der Waals surface area contributed by atoms with Crippen molar-refractivity contribution in [2.75, 3.05) is 5.32 Å². The molecule has 1 aromatic rings. The van der Waals surface area contributed by atoms with Gasteiger partial charge in [0.05, 0.1) is 3.92 Å². The van der Waals surface area contributed by atoms with Gasteiger partial charge in [0.15, 0.2) is 0 Å². The van der Waals surface area contributed by atoms with Crippen LogP contribution >= 0.6 is 34.2 Å². The second kappa shape index (κ2) is 4.81. The first-order valence-electron chi connectivity index (χ1n) is 3.80. The Morgan fingerprint density at radius 1 is 1.62 bits per heavy atom. The summed E-state index contributed by atoms with van der Waals surface area (Å²) in [7, 11) is 0. The SMILES string of the molecule is C[C@@H](I)C(=O)Nc1cccc(Cl)c1. The van der Waals surface area contributed by atoms with Crippen molar-refractivity contribution in [3.63, 3.8) is 0 Å². The molecule has 0 saturated heterocycles. The first kappa shape index (κ1) is 10.8. The minimum atomic E-state index is -0.0448. The first-order valence-corrected chi connectivity index (χ1v) is 5.42. The average molecular weight is 310 g/mol. The summed E-state index contributed by atoms with van der Waals surface area (Å²) < 4.78 is -0.0448. The zero-order chi connectivity index (χ0) is 9.84. The fourth-order valence-corrected chi connectivity index (χ4v) is 1.15. The molecule has 0 heterocycles. The van der Waals surface area contributed by atoms with E-state index in [-0.39, 0.29) is 9.83 Å². The highest BCUT2D eigenvalue weighted by Crippen LogP contribution is 2.15. The highest BCUT2D eigenvalue weighted by atomic mass is 127. The summed E-state index contributed by atoms with van der Waals surface area (Å²) in [5.41, 5.74) is 0.737. The number of carbonyl (C=O) groups is 1. The van der Waals surface area contributed by atoms with Crippen molar-refractivity contribution >= 4 is 45.8 Å². The molecule has 2 nitrogen and oxygen atoms in total. The summed E-state index contributed by atoms with van der Waals surface area (Å²) in [6.07, 6.45) is 0. The Kier molecular flexibility index (Phi) is 3.99. The number of hydrogen-bond donors (Lipinski definition) is 1. The normalized spacial score (nSPS) is 12.2. The predicted octanol–water partition coefficient (Wildman–Crippen LogP) is 3.10. The van der Waals surface area contributed by atoms with Gasteiger partial charge in [-0.25, -0.2) is 0 Å². The van der Waals surface area contributed by atoms with Gasteiger partial charge in [0, 0.05) is 10.7 Å². The first-order chi connectivity index (χ1) is 6.09. The third-order valence-electron chi connectivity index (χ3n) is 1.45. The largest absolute Gasteiger partial charge is 0.325 e. The molecule has 0 bridgehead atoms. The van der Waals surface area contributed by atoms with Gasteiger partial charge in [-0.2, -0.15) is 0 Å². The van der Waals surface area contributed by atoms with Crippen LogP contribution in [0.15, 0.2) is 24.3 Å². The highest BCUT2D eigenvalue weighted by molar-refractivity contribution is 14.1. The molecular weight excluding hydrogens is 300 g/mol. The summed E-state index contributed by atoms with van der Waals surface area (Å²) >= 11 is 7.81. The third kappa shape index (κ3) is 3.52. The van der Waals surface area contributed by atoms with Gasteiger partial charge in [0.1, 0.15) is 0 Å². The van der Waals surface area contributed by atoms with Crippen molar-refractivity contribution in [1.29, 1.82) is 0 Å². The minimum absolute atomic E-state index is 0.0112. The van der Waals surface area contributed by atoms with E-state index < -0.39 is 0 Å². The van der Waals surface area contributed by atoms with Crippen molar-refractivity contribution < 1.29 is 4.79 Å². The number of benzene rings is 1. The molecule has 0 fully saturated rings. The molecule has 0 aromatic heterocycles. The van der Waals surface area contributed by atoms with Gasteiger partial charge in [-0.3, -0.25) is 4.79 Å². The van der Waals surface area contributed by atoms with Crippen LogP contribution in [0.25, 0.3) is 0 Å². The van der Waals surface area contributed by atoms with E-state index in [1.807, 2.05) is 13.0 Å². The number of nitrogens with one attached hydrogen (secondary N) is 1. The molecule has 1 amide bonds. The van der Waals surface area contributed by atoms with E-state index in [0.717, 1.165) is 5.69 Å². The zero-order valence-corrected chi connectivity index (χ0v) is 9.96. The number of amides is 1. The summed E-state index contributed by atoms with van der Waals surface area (Å²) in [5, 5.41) is 3.38. The van der Waals surface area contributed by atoms with Gasteiger partial charge in [0.25, 0.3) is 0 Å². The van der Waals surface area contributed by atoms with E-state index in [4.69, 9.17) is 11.6 Å². The molecular formula is C9H9ClINO. The molecule has 0 aliphatic carbocycles.